The van der Waals surface area contributed by atoms with E-state index in [0.717, 1.165) is 32.5 Å². The van der Waals surface area contributed by atoms with Crippen LogP contribution in [0.4, 0.5) is 0 Å². The van der Waals surface area contributed by atoms with Crippen LogP contribution in [0.3, 0.4) is 0 Å². The van der Waals surface area contributed by atoms with Crippen LogP contribution in [0.25, 0.3) is 0 Å². The second-order valence-electron chi connectivity index (χ2n) is 12.0. The van der Waals surface area contributed by atoms with Gasteiger partial charge in [-0.1, -0.05) is 31.4 Å². The van der Waals surface area contributed by atoms with E-state index < -0.39 is 11.9 Å². The van der Waals surface area contributed by atoms with Crippen LogP contribution in [-0.2, 0) is 19.0 Å². The molecule has 0 spiro atoms. The van der Waals surface area contributed by atoms with Crippen molar-refractivity contribution >= 4 is 11.9 Å². The van der Waals surface area contributed by atoms with Crippen LogP contribution >= 0.6 is 0 Å². The minimum absolute atomic E-state index is 0.0954. The Labute approximate surface area is 221 Å². The van der Waals surface area contributed by atoms with Gasteiger partial charge in [0.15, 0.2) is 11.9 Å². The number of esters is 1. The molecule has 2 bridgehead atoms. The summed E-state index contributed by atoms with van der Waals surface area (Å²) in [5, 5.41) is 0. The predicted octanol–water partition coefficient (Wildman–Crippen LogP) is 4.74. The Balaban J connectivity index is 1.22. The lowest BCUT2D eigenvalue weighted by atomic mass is 9.84. The second-order valence-corrected chi connectivity index (χ2v) is 12.0. The standard InChI is InChI=1S/C30H44N2O5/c1-30(2)36-20-27(37-30)28(33)31(19-21-8-5-4-6-9-21)14-15-32-25-12-13-26(32)18-24(17-25)22-10-7-11-23(16-22)29(34)35-3/h7,10-11,16,21,24-27H,4-6,8-9,12-15,17-20H2,1-3H3/t24?,25?,26?,27-/m0/s1. The third-order valence-electron chi connectivity index (χ3n) is 9.09. The smallest absolute Gasteiger partial charge is 0.337 e. The molecule has 1 aromatic carbocycles. The molecule has 0 aromatic heterocycles. The summed E-state index contributed by atoms with van der Waals surface area (Å²) in [5.74, 6) is 0.188. The molecule has 3 saturated heterocycles. The van der Waals surface area contributed by atoms with E-state index in [1.165, 1.54) is 57.6 Å². The molecule has 5 rings (SSSR count). The molecule has 7 heteroatoms. The van der Waals surface area contributed by atoms with Crippen molar-refractivity contribution < 1.29 is 23.8 Å². The van der Waals surface area contributed by atoms with Gasteiger partial charge in [-0.3, -0.25) is 9.69 Å². The minimum Gasteiger partial charge on any atom is -0.465 e. The van der Waals surface area contributed by atoms with Gasteiger partial charge in [0.1, 0.15) is 0 Å². The Hall–Kier alpha value is -1.96. The summed E-state index contributed by atoms with van der Waals surface area (Å²) in [6.45, 7) is 6.62. The van der Waals surface area contributed by atoms with Crippen molar-refractivity contribution in [1.29, 1.82) is 0 Å². The molecule has 0 N–H and O–H groups in total. The highest BCUT2D eigenvalue weighted by atomic mass is 16.7. The van der Waals surface area contributed by atoms with E-state index >= 15 is 0 Å². The van der Waals surface area contributed by atoms with E-state index in [-0.39, 0.29) is 11.9 Å². The molecule has 4 fully saturated rings. The molecule has 3 heterocycles. The highest BCUT2D eigenvalue weighted by molar-refractivity contribution is 5.89. The molecule has 1 saturated carbocycles. The Bertz CT molecular complexity index is 945. The quantitative estimate of drug-likeness (QED) is 0.469. The number of piperidine rings is 1. The maximum absolute atomic E-state index is 13.6. The van der Waals surface area contributed by atoms with Crippen molar-refractivity contribution in [3.8, 4) is 0 Å². The molecule has 1 aromatic rings. The summed E-state index contributed by atoms with van der Waals surface area (Å²) in [4.78, 5) is 30.4. The van der Waals surface area contributed by atoms with Crippen LogP contribution in [0.1, 0.15) is 93.5 Å². The topological polar surface area (TPSA) is 68.3 Å². The molecule has 2 unspecified atom stereocenters. The molecule has 1 amide bonds. The van der Waals surface area contributed by atoms with Crippen molar-refractivity contribution in [3.05, 3.63) is 35.4 Å². The van der Waals surface area contributed by atoms with Crippen LogP contribution < -0.4 is 0 Å². The monoisotopic (exact) mass is 512 g/mol. The molecular formula is C30H44N2O5. The number of amides is 1. The van der Waals surface area contributed by atoms with E-state index in [0.29, 0.717) is 36.1 Å². The maximum Gasteiger partial charge on any atom is 0.337 e. The zero-order valence-electron chi connectivity index (χ0n) is 22.8. The zero-order valence-corrected chi connectivity index (χ0v) is 22.8. The largest absolute Gasteiger partial charge is 0.465 e. The summed E-state index contributed by atoms with van der Waals surface area (Å²) in [6.07, 6.45) is 10.4. The van der Waals surface area contributed by atoms with Crippen molar-refractivity contribution in [1.82, 2.24) is 9.80 Å². The summed E-state index contributed by atoms with van der Waals surface area (Å²) >= 11 is 0. The van der Waals surface area contributed by atoms with Gasteiger partial charge in [0, 0.05) is 31.7 Å². The van der Waals surface area contributed by atoms with Crippen molar-refractivity contribution in [2.75, 3.05) is 33.4 Å². The highest BCUT2D eigenvalue weighted by Crippen LogP contribution is 2.43. The van der Waals surface area contributed by atoms with Gasteiger partial charge in [0.25, 0.3) is 5.91 Å². The van der Waals surface area contributed by atoms with Gasteiger partial charge < -0.3 is 19.1 Å². The third kappa shape index (κ3) is 6.21. The molecular weight excluding hydrogens is 468 g/mol. The number of rotatable bonds is 8. The SMILES string of the molecule is COC(=O)c1cccc(C2CC3CCC(C2)N3CCN(CC2CCCCC2)C(=O)[C@@H]2COC(C)(C)O2)c1. The Morgan fingerprint density at radius 2 is 1.81 bits per heavy atom. The van der Waals surface area contributed by atoms with Gasteiger partial charge in [-0.2, -0.15) is 0 Å². The fourth-order valence-corrected chi connectivity index (χ4v) is 7.17. The summed E-state index contributed by atoms with van der Waals surface area (Å²) in [7, 11) is 1.43. The first kappa shape index (κ1) is 26.6. The predicted molar refractivity (Wildman–Crippen MR) is 141 cm³/mol. The Kier molecular flexibility index (Phi) is 8.22. The number of carbonyl (C=O) groups excluding carboxylic acids is 2. The number of hydrogen-bond acceptors (Lipinski definition) is 6. The lowest BCUT2D eigenvalue weighted by molar-refractivity contribution is -0.161. The molecule has 3 atom stereocenters. The van der Waals surface area contributed by atoms with Crippen LogP contribution in [0.5, 0.6) is 0 Å². The van der Waals surface area contributed by atoms with E-state index in [1.54, 1.807) is 0 Å². The average molecular weight is 513 g/mol. The lowest BCUT2D eigenvalue weighted by Gasteiger charge is -2.41. The van der Waals surface area contributed by atoms with Gasteiger partial charge in [-0.15, -0.1) is 0 Å². The molecule has 3 aliphatic heterocycles. The number of nitrogens with zero attached hydrogens (tertiary/aromatic N) is 2. The Morgan fingerprint density at radius 1 is 1.08 bits per heavy atom. The number of benzene rings is 1. The average Bonchev–Trinajstić information content (AvgIpc) is 3.39. The number of ether oxygens (including phenoxy) is 3. The van der Waals surface area contributed by atoms with Crippen molar-refractivity contribution in [2.24, 2.45) is 5.92 Å². The normalized spacial score (nSPS) is 29.8. The van der Waals surface area contributed by atoms with Gasteiger partial charge in [-0.05, 0) is 81.9 Å². The second kappa shape index (κ2) is 11.4. The third-order valence-corrected chi connectivity index (χ3v) is 9.09. The Morgan fingerprint density at radius 3 is 2.46 bits per heavy atom. The van der Waals surface area contributed by atoms with Crippen LogP contribution in [-0.4, -0.2) is 79.0 Å². The molecule has 0 radical (unpaired) electrons. The number of methoxy groups -OCH3 is 1. The van der Waals surface area contributed by atoms with Crippen LogP contribution in [0, 0.1) is 5.92 Å². The maximum atomic E-state index is 13.6. The number of carbonyl (C=O) groups is 2. The molecule has 4 aliphatic rings. The van der Waals surface area contributed by atoms with E-state index in [1.807, 2.05) is 32.0 Å². The van der Waals surface area contributed by atoms with E-state index in [2.05, 4.69) is 15.9 Å². The van der Waals surface area contributed by atoms with Crippen LogP contribution in [0.2, 0.25) is 0 Å². The van der Waals surface area contributed by atoms with Crippen LogP contribution in [0.15, 0.2) is 24.3 Å². The van der Waals surface area contributed by atoms with Crippen molar-refractivity contribution in [2.45, 2.75) is 102 Å². The summed E-state index contributed by atoms with van der Waals surface area (Å²) in [6, 6.07) is 9.03. The summed E-state index contributed by atoms with van der Waals surface area (Å²) in [5.41, 5.74) is 1.88. The van der Waals surface area contributed by atoms with Gasteiger partial charge >= 0.3 is 5.97 Å². The fraction of sp³-hybridized carbons (Fsp3) is 0.733. The first-order chi connectivity index (χ1) is 17.8. The van der Waals surface area contributed by atoms with Gasteiger partial charge in [0.2, 0.25) is 0 Å². The van der Waals surface area contributed by atoms with E-state index in [4.69, 9.17) is 14.2 Å². The molecule has 204 valence electrons. The van der Waals surface area contributed by atoms with Gasteiger partial charge in [-0.25, -0.2) is 4.79 Å². The highest BCUT2D eigenvalue weighted by Gasteiger charge is 2.43. The fourth-order valence-electron chi connectivity index (χ4n) is 7.17. The van der Waals surface area contributed by atoms with E-state index in [9.17, 15) is 9.59 Å². The lowest BCUT2D eigenvalue weighted by Crippen LogP contribution is -2.50. The molecule has 1 aliphatic carbocycles. The number of fused-ring (bicyclic) bond motifs is 2. The summed E-state index contributed by atoms with van der Waals surface area (Å²) < 4.78 is 16.6. The number of hydrogen-bond donors (Lipinski definition) is 0. The molecule has 37 heavy (non-hydrogen) atoms. The first-order valence-electron chi connectivity index (χ1n) is 14.4. The minimum atomic E-state index is -0.691. The zero-order chi connectivity index (χ0) is 26.0. The van der Waals surface area contributed by atoms with Crippen molar-refractivity contribution in [3.63, 3.8) is 0 Å². The van der Waals surface area contributed by atoms with Gasteiger partial charge in [0.05, 0.1) is 19.3 Å². The first-order valence-corrected chi connectivity index (χ1v) is 14.4. The molecule has 7 nitrogen and oxygen atoms in total.